The Morgan fingerprint density at radius 3 is 2.69 bits per heavy atom. The monoisotopic (exact) mass is 287 g/mol. The Kier molecular flexibility index (Phi) is 3.93. The third-order valence-electron chi connectivity index (χ3n) is 4.45. The van der Waals surface area contributed by atoms with Gasteiger partial charge in [0.2, 0.25) is 5.91 Å². The van der Waals surface area contributed by atoms with E-state index in [1.54, 1.807) is 0 Å². The van der Waals surface area contributed by atoms with Crippen molar-refractivity contribution in [3.8, 4) is 0 Å². The Hall–Kier alpha value is -0.0500. The van der Waals surface area contributed by atoms with Gasteiger partial charge in [0.05, 0.1) is 4.83 Å². The van der Waals surface area contributed by atoms with Crippen molar-refractivity contribution < 1.29 is 4.79 Å². The Labute approximate surface area is 107 Å². The molecule has 2 fully saturated rings. The molecule has 0 heterocycles. The summed E-state index contributed by atoms with van der Waals surface area (Å²) in [5, 5.41) is 3.17. The summed E-state index contributed by atoms with van der Waals surface area (Å²) in [4.78, 5) is 11.8. The first-order valence-corrected chi connectivity index (χ1v) is 7.47. The van der Waals surface area contributed by atoms with Crippen molar-refractivity contribution in [3.63, 3.8) is 0 Å². The molecule has 0 aliphatic heterocycles. The second-order valence-corrected chi connectivity index (χ2v) is 6.62. The molecule has 0 aromatic carbocycles. The molecule has 0 aromatic rings. The summed E-state index contributed by atoms with van der Waals surface area (Å²) < 4.78 is 0. The van der Waals surface area contributed by atoms with Crippen LogP contribution < -0.4 is 5.32 Å². The minimum atomic E-state index is -0.0199. The van der Waals surface area contributed by atoms with Gasteiger partial charge in [0.25, 0.3) is 0 Å². The SMILES string of the molecule is CCC(Br)C(=O)NC(C)C1CC2CCC1C2. The molecule has 2 aliphatic carbocycles. The Balaban J connectivity index is 1.84. The minimum Gasteiger partial charge on any atom is -0.352 e. The van der Waals surface area contributed by atoms with E-state index in [1.165, 1.54) is 25.7 Å². The van der Waals surface area contributed by atoms with Crippen molar-refractivity contribution in [2.24, 2.45) is 17.8 Å². The Bertz CT molecular complexity index is 269. The molecule has 1 amide bonds. The molecule has 0 radical (unpaired) electrons. The van der Waals surface area contributed by atoms with Crippen LogP contribution in [0.4, 0.5) is 0 Å². The molecule has 5 atom stereocenters. The van der Waals surface area contributed by atoms with Crippen molar-refractivity contribution in [1.82, 2.24) is 5.32 Å². The predicted octanol–water partition coefficient (Wildman–Crippen LogP) is 3.10. The molecule has 2 rings (SSSR count). The highest BCUT2D eigenvalue weighted by Gasteiger charge is 2.42. The number of hydrogen-bond donors (Lipinski definition) is 1. The van der Waals surface area contributed by atoms with Gasteiger partial charge in [-0.25, -0.2) is 0 Å². The average molecular weight is 288 g/mol. The highest BCUT2D eigenvalue weighted by atomic mass is 79.9. The van der Waals surface area contributed by atoms with E-state index in [0.717, 1.165) is 24.2 Å². The summed E-state index contributed by atoms with van der Waals surface area (Å²) in [5.74, 6) is 2.74. The standard InChI is InChI=1S/C13H22BrNO/c1-3-12(14)13(16)15-8(2)11-7-9-4-5-10(11)6-9/h8-12H,3-7H2,1-2H3,(H,15,16). The zero-order valence-electron chi connectivity index (χ0n) is 10.2. The number of fused-ring (bicyclic) bond motifs is 2. The van der Waals surface area contributed by atoms with E-state index in [-0.39, 0.29) is 10.7 Å². The van der Waals surface area contributed by atoms with Gasteiger partial charge < -0.3 is 5.32 Å². The first kappa shape index (κ1) is 12.4. The topological polar surface area (TPSA) is 29.1 Å². The number of carbonyl (C=O) groups is 1. The maximum absolute atomic E-state index is 11.8. The van der Waals surface area contributed by atoms with Crippen LogP contribution in [-0.2, 0) is 4.79 Å². The number of alkyl halides is 1. The van der Waals surface area contributed by atoms with Crippen molar-refractivity contribution in [3.05, 3.63) is 0 Å². The van der Waals surface area contributed by atoms with Crippen LogP contribution in [0.2, 0.25) is 0 Å². The molecule has 92 valence electrons. The third-order valence-corrected chi connectivity index (χ3v) is 5.51. The summed E-state index contributed by atoms with van der Waals surface area (Å²) in [7, 11) is 0. The van der Waals surface area contributed by atoms with Gasteiger partial charge in [-0.05, 0) is 50.4 Å². The second kappa shape index (κ2) is 5.07. The van der Waals surface area contributed by atoms with Crippen LogP contribution in [0.5, 0.6) is 0 Å². The van der Waals surface area contributed by atoms with Gasteiger partial charge in [0.1, 0.15) is 0 Å². The van der Waals surface area contributed by atoms with Gasteiger partial charge in [-0.3, -0.25) is 4.79 Å². The van der Waals surface area contributed by atoms with Gasteiger partial charge in [0.15, 0.2) is 0 Å². The lowest BCUT2D eigenvalue weighted by Gasteiger charge is -2.29. The number of hydrogen-bond acceptors (Lipinski definition) is 1. The summed E-state index contributed by atoms with van der Waals surface area (Å²) in [6.07, 6.45) is 6.43. The van der Waals surface area contributed by atoms with Crippen molar-refractivity contribution in [1.29, 1.82) is 0 Å². The minimum absolute atomic E-state index is 0.0199. The van der Waals surface area contributed by atoms with Crippen LogP contribution in [0.15, 0.2) is 0 Å². The van der Waals surface area contributed by atoms with Crippen LogP contribution in [0, 0.1) is 17.8 Å². The summed E-state index contributed by atoms with van der Waals surface area (Å²) in [6.45, 7) is 4.21. The number of amides is 1. The molecule has 16 heavy (non-hydrogen) atoms. The highest BCUT2D eigenvalue weighted by molar-refractivity contribution is 9.10. The molecule has 2 bridgehead atoms. The van der Waals surface area contributed by atoms with Gasteiger partial charge in [-0.1, -0.05) is 29.3 Å². The molecule has 2 saturated carbocycles. The first-order chi connectivity index (χ1) is 7.61. The van der Waals surface area contributed by atoms with Gasteiger partial charge in [-0.2, -0.15) is 0 Å². The van der Waals surface area contributed by atoms with Crippen LogP contribution >= 0.6 is 15.9 Å². The lowest BCUT2D eigenvalue weighted by Crippen LogP contribution is -2.43. The van der Waals surface area contributed by atoms with Crippen molar-refractivity contribution in [2.75, 3.05) is 0 Å². The van der Waals surface area contributed by atoms with Gasteiger partial charge in [0, 0.05) is 6.04 Å². The number of rotatable bonds is 4. The number of carbonyl (C=O) groups excluding carboxylic acids is 1. The fraction of sp³-hybridized carbons (Fsp3) is 0.923. The van der Waals surface area contributed by atoms with Crippen LogP contribution in [0.3, 0.4) is 0 Å². The van der Waals surface area contributed by atoms with Gasteiger partial charge in [-0.15, -0.1) is 0 Å². The normalized spacial score (nSPS) is 36.1. The van der Waals surface area contributed by atoms with Crippen LogP contribution in [0.1, 0.15) is 46.0 Å². The number of halogens is 1. The van der Waals surface area contributed by atoms with E-state index in [2.05, 4.69) is 28.2 Å². The summed E-state index contributed by atoms with van der Waals surface area (Å²) in [6, 6.07) is 0.356. The van der Waals surface area contributed by atoms with E-state index in [4.69, 9.17) is 0 Å². The van der Waals surface area contributed by atoms with E-state index in [9.17, 15) is 4.79 Å². The molecular formula is C13H22BrNO. The van der Waals surface area contributed by atoms with E-state index < -0.39 is 0 Å². The molecular weight excluding hydrogens is 266 g/mol. The highest BCUT2D eigenvalue weighted by Crippen LogP contribution is 2.49. The van der Waals surface area contributed by atoms with Crippen LogP contribution in [0.25, 0.3) is 0 Å². The summed E-state index contributed by atoms with van der Waals surface area (Å²) >= 11 is 3.41. The lowest BCUT2D eigenvalue weighted by atomic mass is 9.84. The fourth-order valence-electron chi connectivity index (χ4n) is 3.51. The van der Waals surface area contributed by atoms with E-state index >= 15 is 0 Å². The smallest absolute Gasteiger partial charge is 0.233 e. The Morgan fingerprint density at radius 1 is 1.44 bits per heavy atom. The van der Waals surface area contributed by atoms with Crippen molar-refractivity contribution >= 4 is 21.8 Å². The predicted molar refractivity (Wildman–Crippen MR) is 69.5 cm³/mol. The molecule has 0 aromatic heterocycles. The molecule has 1 N–H and O–H groups in total. The largest absolute Gasteiger partial charge is 0.352 e. The van der Waals surface area contributed by atoms with E-state index in [0.29, 0.717) is 6.04 Å². The lowest BCUT2D eigenvalue weighted by molar-refractivity contribution is -0.121. The first-order valence-electron chi connectivity index (χ1n) is 6.56. The molecule has 0 spiro atoms. The molecule has 3 heteroatoms. The number of nitrogens with one attached hydrogen (secondary N) is 1. The molecule has 0 saturated heterocycles. The zero-order chi connectivity index (χ0) is 11.7. The third kappa shape index (κ3) is 2.44. The maximum Gasteiger partial charge on any atom is 0.233 e. The molecule has 5 unspecified atom stereocenters. The summed E-state index contributed by atoms with van der Waals surface area (Å²) in [5.41, 5.74) is 0. The molecule has 2 aliphatic rings. The molecule has 2 nitrogen and oxygen atoms in total. The fourth-order valence-corrected chi connectivity index (χ4v) is 3.65. The Morgan fingerprint density at radius 2 is 2.19 bits per heavy atom. The van der Waals surface area contributed by atoms with Crippen LogP contribution in [-0.4, -0.2) is 16.8 Å². The quantitative estimate of drug-likeness (QED) is 0.791. The van der Waals surface area contributed by atoms with Crippen molar-refractivity contribution in [2.45, 2.75) is 56.8 Å². The zero-order valence-corrected chi connectivity index (χ0v) is 11.8. The van der Waals surface area contributed by atoms with E-state index in [1.807, 2.05) is 6.92 Å². The second-order valence-electron chi connectivity index (χ2n) is 5.51. The maximum atomic E-state index is 11.8. The van der Waals surface area contributed by atoms with Gasteiger partial charge >= 0.3 is 0 Å². The average Bonchev–Trinajstić information content (AvgIpc) is 2.89.